The Morgan fingerprint density at radius 2 is 2.25 bits per heavy atom. The zero-order valence-corrected chi connectivity index (χ0v) is 11.3. The molecule has 1 N–H and O–H groups in total. The molecular weight excluding hydrogens is 218 g/mol. The van der Waals surface area contributed by atoms with Crippen LogP contribution in [0.2, 0.25) is 0 Å². The van der Waals surface area contributed by atoms with Gasteiger partial charge in [0.2, 0.25) is 0 Å². The van der Waals surface area contributed by atoms with E-state index in [1.165, 1.54) is 12.0 Å². The van der Waals surface area contributed by atoms with Gasteiger partial charge in [-0.2, -0.15) is 11.3 Å². The van der Waals surface area contributed by atoms with Crippen LogP contribution in [-0.4, -0.2) is 19.3 Å². The Bertz CT molecular complexity index is 259. The molecule has 0 aliphatic carbocycles. The quantitative estimate of drug-likeness (QED) is 0.751. The van der Waals surface area contributed by atoms with Crippen LogP contribution in [0.4, 0.5) is 0 Å². The summed E-state index contributed by atoms with van der Waals surface area (Å²) in [6.07, 6.45) is 2.55. The number of rotatable bonds is 8. The van der Waals surface area contributed by atoms with E-state index in [4.69, 9.17) is 4.74 Å². The van der Waals surface area contributed by atoms with Crippen LogP contribution in [0.25, 0.3) is 0 Å². The van der Waals surface area contributed by atoms with Crippen LogP contribution in [0.3, 0.4) is 0 Å². The van der Waals surface area contributed by atoms with Gasteiger partial charge in [0, 0.05) is 12.6 Å². The Hall–Kier alpha value is -0.380. The maximum Gasteiger partial charge on any atom is 0.0518 e. The lowest BCUT2D eigenvalue weighted by molar-refractivity contribution is 0.0715. The van der Waals surface area contributed by atoms with Crippen LogP contribution in [0.5, 0.6) is 0 Å². The smallest absolute Gasteiger partial charge is 0.0518 e. The maximum absolute atomic E-state index is 5.61. The van der Waals surface area contributed by atoms with E-state index in [1.807, 2.05) is 0 Å². The highest BCUT2D eigenvalue weighted by Crippen LogP contribution is 2.19. The molecule has 0 spiro atoms. The fourth-order valence-electron chi connectivity index (χ4n) is 1.60. The van der Waals surface area contributed by atoms with Gasteiger partial charge < -0.3 is 10.1 Å². The summed E-state index contributed by atoms with van der Waals surface area (Å²) < 4.78 is 5.61. The fourth-order valence-corrected chi connectivity index (χ4v) is 2.31. The van der Waals surface area contributed by atoms with Crippen molar-refractivity contribution < 1.29 is 4.74 Å². The molecular formula is C13H23NOS. The molecule has 0 aromatic carbocycles. The molecule has 0 amide bonds. The SMILES string of the molecule is CCCNC(CCOC(C)C)c1ccsc1. The summed E-state index contributed by atoms with van der Waals surface area (Å²) in [5.74, 6) is 0. The van der Waals surface area contributed by atoms with Gasteiger partial charge in [0.25, 0.3) is 0 Å². The van der Waals surface area contributed by atoms with Crippen molar-refractivity contribution in [2.24, 2.45) is 0 Å². The Morgan fingerprint density at radius 1 is 1.44 bits per heavy atom. The molecule has 3 heteroatoms. The van der Waals surface area contributed by atoms with E-state index < -0.39 is 0 Å². The molecule has 1 aromatic rings. The van der Waals surface area contributed by atoms with Gasteiger partial charge >= 0.3 is 0 Å². The lowest BCUT2D eigenvalue weighted by Gasteiger charge is -2.18. The van der Waals surface area contributed by atoms with Crippen molar-refractivity contribution in [2.45, 2.75) is 45.8 Å². The molecule has 1 rings (SSSR count). The number of nitrogens with one attached hydrogen (secondary N) is 1. The van der Waals surface area contributed by atoms with E-state index in [9.17, 15) is 0 Å². The highest BCUT2D eigenvalue weighted by atomic mass is 32.1. The van der Waals surface area contributed by atoms with E-state index in [-0.39, 0.29) is 0 Å². The standard InChI is InChI=1S/C13H23NOS/c1-4-7-14-13(5-8-15-11(2)3)12-6-9-16-10-12/h6,9-11,13-14H,4-5,7-8H2,1-3H3. The highest BCUT2D eigenvalue weighted by Gasteiger charge is 2.10. The van der Waals surface area contributed by atoms with Crippen LogP contribution in [0.15, 0.2) is 16.8 Å². The molecule has 0 saturated heterocycles. The van der Waals surface area contributed by atoms with Crippen molar-refractivity contribution in [3.63, 3.8) is 0 Å². The molecule has 0 fully saturated rings. The van der Waals surface area contributed by atoms with Gasteiger partial charge in [-0.25, -0.2) is 0 Å². The third-order valence-electron chi connectivity index (χ3n) is 2.44. The average molecular weight is 241 g/mol. The first-order chi connectivity index (χ1) is 7.74. The lowest BCUT2D eigenvalue weighted by atomic mass is 10.1. The van der Waals surface area contributed by atoms with Crippen molar-refractivity contribution in [3.05, 3.63) is 22.4 Å². The minimum absolute atomic E-state index is 0.328. The molecule has 0 aliphatic heterocycles. The third-order valence-corrected chi connectivity index (χ3v) is 3.15. The fraction of sp³-hybridized carbons (Fsp3) is 0.692. The summed E-state index contributed by atoms with van der Waals surface area (Å²) in [6.45, 7) is 8.26. The molecule has 0 radical (unpaired) electrons. The van der Waals surface area contributed by atoms with Crippen molar-refractivity contribution in [2.75, 3.05) is 13.2 Å². The van der Waals surface area contributed by atoms with Crippen LogP contribution in [0, 0.1) is 0 Å². The first kappa shape index (κ1) is 13.7. The van der Waals surface area contributed by atoms with Crippen LogP contribution < -0.4 is 5.32 Å². The van der Waals surface area contributed by atoms with Crippen molar-refractivity contribution in [1.82, 2.24) is 5.32 Å². The van der Waals surface area contributed by atoms with E-state index in [0.29, 0.717) is 12.1 Å². The predicted octanol–water partition coefficient (Wildman–Crippen LogP) is 3.60. The predicted molar refractivity (Wildman–Crippen MR) is 71.1 cm³/mol. The van der Waals surface area contributed by atoms with Gasteiger partial charge in [-0.05, 0) is 55.6 Å². The summed E-state index contributed by atoms with van der Waals surface area (Å²) in [4.78, 5) is 0. The van der Waals surface area contributed by atoms with Crippen LogP contribution >= 0.6 is 11.3 Å². The molecule has 1 atom stereocenters. The highest BCUT2D eigenvalue weighted by molar-refractivity contribution is 7.07. The molecule has 1 unspecified atom stereocenters. The Morgan fingerprint density at radius 3 is 2.81 bits per heavy atom. The molecule has 0 saturated carbocycles. The molecule has 0 aliphatic rings. The maximum atomic E-state index is 5.61. The van der Waals surface area contributed by atoms with Crippen LogP contribution in [0.1, 0.15) is 45.2 Å². The first-order valence-corrected chi connectivity index (χ1v) is 7.05. The van der Waals surface area contributed by atoms with Crippen LogP contribution in [-0.2, 0) is 4.74 Å². The molecule has 1 aromatic heterocycles. The number of hydrogen-bond donors (Lipinski definition) is 1. The van der Waals surface area contributed by atoms with Gasteiger partial charge in [0.1, 0.15) is 0 Å². The second kappa shape index (κ2) is 7.82. The third kappa shape index (κ3) is 5.10. The average Bonchev–Trinajstić information content (AvgIpc) is 2.75. The zero-order valence-electron chi connectivity index (χ0n) is 10.5. The second-order valence-electron chi connectivity index (χ2n) is 4.27. The summed E-state index contributed by atoms with van der Waals surface area (Å²) >= 11 is 1.76. The second-order valence-corrected chi connectivity index (χ2v) is 5.05. The van der Waals surface area contributed by atoms with Crippen molar-refractivity contribution in [1.29, 1.82) is 0 Å². The normalized spacial score (nSPS) is 13.2. The van der Waals surface area contributed by atoms with E-state index in [1.54, 1.807) is 11.3 Å². The largest absolute Gasteiger partial charge is 0.379 e. The van der Waals surface area contributed by atoms with Gasteiger partial charge in [-0.15, -0.1) is 0 Å². The molecule has 1 heterocycles. The molecule has 2 nitrogen and oxygen atoms in total. The Balaban J connectivity index is 2.38. The van der Waals surface area contributed by atoms with Gasteiger partial charge in [-0.3, -0.25) is 0 Å². The number of hydrogen-bond acceptors (Lipinski definition) is 3. The zero-order chi connectivity index (χ0) is 11.8. The minimum Gasteiger partial charge on any atom is -0.379 e. The van der Waals surface area contributed by atoms with Gasteiger partial charge in [-0.1, -0.05) is 6.92 Å². The summed E-state index contributed by atoms with van der Waals surface area (Å²) in [7, 11) is 0. The van der Waals surface area contributed by atoms with Gasteiger partial charge in [0.05, 0.1) is 6.10 Å². The molecule has 0 bridgehead atoms. The summed E-state index contributed by atoms with van der Waals surface area (Å²) in [6, 6.07) is 2.65. The Kier molecular flexibility index (Phi) is 6.69. The van der Waals surface area contributed by atoms with E-state index in [0.717, 1.165) is 19.6 Å². The lowest BCUT2D eigenvalue weighted by Crippen LogP contribution is -2.23. The number of ether oxygens (including phenoxy) is 1. The van der Waals surface area contributed by atoms with E-state index in [2.05, 4.69) is 42.9 Å². The summed E-state index contributed by atoms with van der Waals surface area (Å²) in [5.41, 5.74) is 1.39. The topological polar surface area (TPSA) is 21.3 Å². The first-order valence-electron chi connectivity index (χ1n) is 6.11. The molecule has 92 valence electrons. The van der Waals surface area contributed by atoms with Gasteiger partial charge in [0.15, 0.2) is 0 Å². The Labute approximate surface area is 103 Å². The van der Waals surface area contributed by atoms with Crippen molar-refractivity contribution >= 4 is 11.3 Å². The molecule has 16 heavy (non-hydrogen) atoms. The monoisotopic (exact) mass is 241 g/mol. The van der Waals surface area contributed by atoms with Crippen molar-refractivity contribution in [3.8, 4) is 0 Å². The minimum atomic E-state index is 0.328. The summed E-state index contributed by atoms with van der Waals surface area (Å²) in [5, 5.41) is 7.94. The number of thiophene rings is 1. The van der Waals surface area contributed by atoms with E-state index >= 15 is 0 Å².